The smallest absolute Gasteiger partial charge is 0.259 e. The topological polar surface area (TPSA) is 77.2 Å². The number of ether oxygens (including phenoxy) is 1. The average molecular weight is 373 g/mol. The van der Waals surface area contributed by atoms with Gasteiger partial charge in [0.2, 0.25) is 5.89 Å². The van der Waals surface area contributed by atoms with Crippen molar-refractivity contribution in [3.63, 3.8) is 0 Å². The molecular weight excluding hydrogens is 354 g/mol. The number of oxazole rings is 1. The zero-order valence-corrected chi connectivity index (χ0v) is 15.8. The highest BCUT2D eigenvalue weighted by Crippen LogP contribution is 2.31. The summed E-state index contributed by atoms with van der Waals surface area (Å²) in [4.78, 5) is 21.5. The molecule has 0 spiro atoms. The molecule has 4 aromatic rings. The van der Waals surface area contributed by atoms with Crippen molar-refractivity contribution in [1.29, 1.82) is 0 Å². The molecule has 0 unspecified atom stereocenters. The van der Waals surface area contributed by atoms with E-state index in [1.807, 2.05) is 50.2 Å². The summed E-state index contributed by atoms with van der Waals surface area (Å²) in [5.74, 6) is 0.800. The minimum atomic E-state index is -0.236. The van der Waals surface area contributed by atoms with Crippen LogP contribution in [-0.4, -0.2) is 23.0 Å². The predicted molar refractivity (Wildman–Crippen MR) is 108 cm³/mol. The lowest BCUT2D eigenvalue weighted by molar-refractivity contribution is 0.102. The molecule has 0 aliphatic carbocycles. The first-order chi connectivity index (χ1) is 13.6. The van der Waals surface area contributed by atoms with E-state index in [1.165, 1.54) is 0 Å². The third-order valence-corrected chi connectivity index (χ3v) is 4.64. The Morgan fingerprint density at radius 1 is 1.07 bits per heavy atom. The second kappa shape index (κ2) is 7.15. The molecule has 2 aromatic heterocycles. The van der Waals surface area contributed by atoms with E-state index in [1.54, 1.807) is 25.4 Å². The lowest BCUT2D eigenvalue weighted by Gasteiger charge is -2.14. The molecule has 140 valence electrons. The number of carbonyl (C=O) groups excluding carboxylic acids is 1. The minimum Gasteiger partial charge on any atom is -0.496 e. The van der Waals surface area contributed by atoms with Gasteiger partial charge in [0.05, 0.1) is 12.7 Å². The average Bonchev–Trinajstić information content (AvgIpc) is 3.13. The van der Waals surface area contributed by atoms with Gasteiger partial charge >= 0.3 is 0 Å². The number of anilines is 1. The van der Waals surface area contributed by atoms with Gasteiger partial charge in [-0.25, -0.2) is 4.98 Å². The van der Waals surface area contributed by atoms with E-state index in [0.717, 1.165) is 16.7 Å². The summed E-state index contributed by atoms with van der Waals surface area (Å²) in [6.07, 6.45) is 1.67. The standard InChI is InChI=1S/C22H19N3O3/c1-13-7-4-9-16(19(13)27-3)21(26)24-17-10-5-8-15(14(17)2)22-25-20-18(28-22)11-6-12-23-20/h4-12H,1-3H3,(H,24,26). The number of para-hydroxylation sites is 1. The molecule has 2 aromatic carbocycles. The normalized spacial score (nSPS) is 10.8. The molecule has 1 N–H and O–H groups in total. The van der Waals surface area contributed by atoms with Gasteiger partial charge in [0.25, 0.3) is 5.91 Å². The zero-order valence-electron chi connectivity index (χ0n) is 15.8. The minimum absolute atomic E-state index is 0.236. The van der Waals surface area contributed by atoms with Crippen molar-refractivity contribution < 1.29 is 13.9 Å². The second-order valence-electron chi connectivity index (χ2n) is 6.43. The number of amides is 1. The number of benzene rings is 2. The van der Waals surface area contributed by atoms with Gasteiger partial charge in [-0.1, -0.05) is 18.2 Å². The molecule has 1 amide bonds. The highest BCUT2D eigenvalue weighted by atomic mass is 16.5. The number of hydrogen-bond donors (Lipinski definition) is 1. The van der Waals surface area contributed by atoms with E-state index < -0.39 is 0 Å². The summed E-state index contributed by atoms with van der Waals surface area (Å²) in [7, 11) is 1.56. The Labute approximate surface area is 162 Å². The number of aryl methyl sites for hydroxylation is 1. The molecule has 0 atom stereocenters. The third kappa shape index (κ3) is 3.09. The number of methoxy groups -OCH3 is 1. The first-order valence-electron chi connectivity index (χ1n) is 8.85. The molecule has 6 nitrogen and oxygen atoms in total. The summed E-state index contributed by atoms with van der Waals surface area (Å²) in [6, 6.07) is 14.7. The van der Waals surface area contributed by atoms with Crippen molar-refractivity contribution >= 4 is 22.8 Å². The van der Waals surface area contributed by atoms with Crippen LogP contribution in [0.15, 0.2) is 59.1 Å². The maximum absolute atomic E-state index is 12.8. The van der Waals surface area contributed by atoms with Crippen molar-refractivity contribution in [2.75, 3.05) is 12.4 Å². The summed E-state index contributed by atoms with van der Waals surface area (Å²) in [5, 5.41) is 2.97. The molecule has 28 heavy (non-hydrogen) atoms. The summed E-state index contributed by atoms with van der Waals surface area (Å²) in [6.45, 7) is 3.82. The van der Waals surface area contributed by atoms with Crippen molar-refractivity contribution in [3.8, 4) is 17.2 Å². The molecule has 0 fully saturated rings. The monoisotopic (exact) mass is 373 g/mol. The quantitative estimate of drug-likeness (QED) is 0.558. The summed E-state index contributed by atoms with van der Waals surface area (Å²) in [5.41, 5.74) is 4.90. The fourth-order valence-electron chi connectivity index (χ4n) is 3.18. The number of nitrogens with one attached hydrogen (secondary N) is 1. The maximum Gasteiger partial charge on any atom is 0.259 e. The van der Waals surface area contributed by atoms with Crippen LogP contribution in [0.2, 0.25) is 0 Å². The molecule has 0 saturated carbocycles. The van der Waals surface area contributed by atoms with Gasteiger partial charge < -0.3 is 14.5 Å². The molecule has 0 saturated heterocycles. The van der Waals surface area contributed by atoms with Crippen molar-refractivity contribution in [3.05, 3.63) is 71.4 Å². The van der Waals surface area contributed by atoms with Crippen LogP contribution in [0.5, 0.6) is 5.75 Å². The molecular formula is C22H19N3O3. The predicted octanol–water partition coefficient (Wildman–Crippen LogP) is 4.77. The first kappa shape index (κ1) is 17.7. The molecule has 0 bridgehead atoms. The SMILES string of the molecule is COc1c(C)cccc1C(=O)Nc1cccc(-c2nc3ncccc3o2)c1C. The maximum atomic E-state index is 12.8. The van der Waals surface area contributed by atoms with Gasteiger partial charge in [0.15, 0.2) is 11.2 Å². The largest absolute Gasteiger partial charge is 0.496 e. The van der Waals surface area contributed by atoms with Crippen LogP contribution in [0.4, 0.5) is 5.69 Å². The van der Waals surface area contributed by atoms with Crippen molar-refractivity contribution in [2.45, 2.75) is 13.8 Å². The Hall–Kier alpha value is -3.67. The van der Waals surface area contributed by atoms with Gasteiger partial charge in [0, 0.05) is 17.4 Å². The van der Waals surface area contributed by atoms with Crippen LogP contribution in [0.1, 0.15) is 21.5 Å². The molecule has 2 heterocycles. The van der Waals surface area contributed by atoms with Crippen molar-refractivity contribution in [2.24, 2.45) is 0 Å². The van der Waals surface area contributed by atoms with Crippen LogP contribution >= 0.6 is 0 Å². The summed E-state index contributed by atoms with van der Waals surface area (Å²) < 4.78 is 11.2. The number of hydrogen-bond acceptors (Lipinski definition) is 5. The molecule has 0 radical (unpaired) electrons. The lowest BCUT2D eigenvalue weighted by atomic mass is 10.1. The number of pyridine rings is 1. The van der Waals surface area contributed by atoms with Gasteiger partial charge in [-0.15, -0.1) is 0 Å². The number of nitrogens with zero attached hydrogens (tertiary/aromatic N) is 2. The van der Waals surface area contributed by atoms with Gasteiger partial charge in [-0.3, -0.25) is 4.79 Å². The van der Waals surface area contributed by atoms with E-state index in [2.05, 4.69) is 15.3 Å². The van der Waals surface area contributed by atoms with Crippen LogP contribution < -0.4 is 10.1 Å². The number of aromatic nitrogens is 2. The van der Waals surface area contributed by atoms with E-state index in [9.17, 15) is 4.79 Å². The van der Waals surface area contributed by atoms with E-state index in [-0.39, 0.29) is 5.91 Å². The molecule has 6 heteroatoms. The fourth-order valence-corrected chi connectivity index (χ4v) is 3.18. The zero-order chi connectivity index (χ0) is 19.7. The number of fused-ring (bicyclic) bond motifs is 1. The third-order valence-electron chi connectivity index (χ3n) is 4.64. The fraction of sp³-hybridized carbons (Fsp3) is 0.136. The Morgan fingerprint density at radius 2 is 1.89 bits per heavy atom. The Morgan fingerprint density at radius 3 is 2.68 bits per heavy atom. The lowest BCUT2D eigenvalue weighted by Crippen LogP contribution is -2.14. The number of rotatable bonds is 4. The number of carbonyl (C=O) groups is 1. The molecule has 0 aliphatic rings. The van der Waals surface area contributed by atoms with Gasteiger partial charge in [0.1, 0.15) is 5.75 Å². The Balaban J connectivity index is 1.69. The van der Waals surface area contributed by atoms with E-state index >= 15 is 0 Å². The van der Waals surface area contributed by atoms with Gasteiger partial charge in [-0.2, -0.15) is 4.98 Å². The Kier molecular flexibility index (Phi) is 4.53. The molecule has 4 rings (SSSR count). The van der Waals surface area contributed by atoms with E-state index in [4.69, 9.17) is 9.15 Å². The summed E-state index contributed by atoms with van der Waals surface area (Å²) >= 11 is 0. The second-order valence-corrected chi connectivity index (χ2v) is 6.43. The van der Waals surface area contributed by atoms with Gasteiger partial charge in [-0.05, 0) is 55.3 Å². The highest BCUT2D eigenvalue weighted by molar-refractivity contribution is 6.07. The van der Waals surface area contributed by atoms with Crippen LogP contribution in [0.25, 0.3) is 22.7 Å². The van der Waals surface area contributed by atoms with Crippen LogP contribution in [0.3, 0.4) is 0 Å². The first-order valence-corrected chi connectivity index (χ1v) is 8.85. The highest BCUT2D eigenvalue weighted by Gasteiger charge is 2.17. The molecule has 0 aliphatic heterocycles. The van der Waals surface area contributed by atoms with Crippen LogP contribution in [0, 0.1) is 13.8 Å². The van der Waals surface area contributed by atoms with E-state index in [0.29, 0.717) is 34.1 Å². The Bertz CT molecular complexity index is 1150. The van der Waals surface area contributed by atoms with Crippen molar-refractivity contribution in [1.82, 2.24) is 9.97 Å². The van der Waals surface area contributed by atoms with Crippen LogP contribution in [-0.2, 0) is 0 Å².